The molecule has 4 fully saturated rings. The molecule has 0 radical (unpaired) electrons. The maximum absolute atomic E-state index is 15.1. The van der Waals surface area contributed by atoms with Crippen LogP contribution in [0.2, 0.25) is 0 Å². The van der Waals surface area contributed by atoms with Crippen molar-refractivity contribution in [3.63, 3.8) is 0 Å². The van der Waals surface area contributed by atoms with Crippen LogP contribution in [0.25, 0.3) is 0 Å². The minimum Gasteiger partial charge on any atom is -0.394 e. The minimum atomic E-state index is -1.52. The number of aliphatic hydroxyl groups is 12. The molecule has 53 nitrogen and oxygen atoms in total. The van der Waals surface area contributed by atoms with Gasteiger partial charge < -0.3 is 150 Å². The van der Waals surface area contributed by atoms with Crippen molar-refractivity contribution in [2.75, 3.05) is 132 Å². The number of unbranched alkanes of at least 4 members (excludes halogenated alkanes) is 1. The Bertz CT molecular complexity index is 3890. The smallest absolute Gasteiger partial charge is 0.253 e. The van der Waals surface area contributed by atoms with Crippen LogP contribution in [0.4, 0.5) is 0 Å². The number of nitrogens with one attached hydrogen (secondary N) is 6. The fourth-order valence-corrected chi connectivity index (χ4v) is 14.6. The van der Waals surface area contributed by atoms with Gasteiger partial charge in [-0.15, -0.1) is 20.4 Å². The maximum atomic E-state index is 15.1. The van der Waals surface area contributed by atoms with E-state index in [4.69, 9.17) is 56.8 Å². The van der Waals surface area contributed by atoms with Crippen molar-refractivity contribution in [3.8, 4) is 0 Å². The number of ether oxygens (including phenoxy) is 12. The number of aromatic nitrogens is 12. The van der Waals surface area contributed by atoms with E-state index in [0.717, 1.165) is 17.1 Å². The molecular weight excluding hydrogens is 1720 g/mol. The van der Waals surface area contributed by atoms with E-state index in [1.54, 1.807) is 34.2 Å². The second-order valence-electron chi connectivity index (χ2n) is 31.1. The van der Waals surface area contributed by atoms with Gasteiger partial charge in [0.25, 0.3) is 11.8 Å². The first-order valence-corrected chi connectivity index (χ1v) is 42.5. The van der Waals surface area contributed by atoms with Gasteiger partial charge in [0.1, 0.15) is 97.4 Å². The SMILES string of the molecule is CC(=O)N[C@H]1[C@H](OCCOCCn2cc(CN(CCCC[C@@H](C(=O)NCCCNC(=O)CCN3C(=O)C=CC3=O)N(Cc3cn(CCOCCOC4O[C@H](CO)[C@H](O)[C@H](O)[C@H]4NC(C)=O)nn3)Cc3cn(CCOCCO[C@@H]4O[C@H](CO)[C@H](O)[C@H](O)[C@H]4NC(C)=O)nn3)Cc3cn(CCOCCO[C@@H]4O[C@H](CO)[C@H](O)[C@H](O)[C@H]4NC(C)=O)nn3)nn2)O[C@H](CO)[C@H](O)[C@@H]1O. The highest BCUT2D eigenvalue weighted by atomic mass is 16.7. The molecule has 4 saturated heterocycles. The van der Waals surface area contributed by atoms with E-state index < -0.39 is 202 Å². The van der Waals surface area contributed by atoms with Gasteiger partial charge in [0.05, 0.1) is 161 Å². The second-order valence-corrected chi connectivity index (χ2v) is 31.1. The summed E-state index contributed by atoms with van der Waals surface area (Å²) in [7, 11) is 0. The lowest BCUT2D eigenvalue weighted by Gasteiger charge is -2.42. The molecule has 0 aliphatic carbocycles. The zero-order valence-corrected chi connectivity index (χ0v) is 72.2. The lowest BCUT2D eigenvalue weighted by molar-refractivity contribution is -0.272. The third kappa shape index (κ3) is 32.6. The van der Waals surface area contributed by atoms with E-state index in [0.29, 0.717) is 42.2 Å². The van der Waals surface area contributed by atoms with Crippen LogP contribution < -0.4 is 31.9 Å². The molecule has 4 aromatic heterocycles. The third-order valence-electron chi connectivity index (χ3n) is 21.1. The lowest BCUT2D eigenvalue weighted by atomic mass is 9.97. The minimum absolute atomic E-state index is 0.00303. The molecule has 9 rings (SSSR count). The molecule has 5 aliphatic rings. The predicted molar refractivity (Wildman–Crippen MR) is 431 cm³/mol. The predicted octanol–water partition coefficient (Wildman–Crippen LogP) is -11.9. The van der Waals surface area contributed by atoms with Crippen LogP contribution >= 0.6 is 0 Å². The quantitative estimate of drug-likeness (QED) is 0.0144. The summed E-state index contributed by atoms with van der Waals surface area (Å²) in [5.74, 6) is -3.99. The lowest BCUT2D eigenvalue weighted by Crippen LogP contribution is -2.64. The number of hydrogen-bond acceptors (Lipinski definition) is 42. The Balaban J connectivity index is 0.893. The van der Waals surface area contributed by atoms with Gasteiger partial charge in [0, 0.05) is 117 Å². The van der Waals surface area contributed by atoms with Gasteiger partial charge in [0.2, 0.25) is 35.4 Å². The van der Waals surface area contributed by atoms with Gasteiger partial charge in [-0.2, -0.15) is 0 Å². The highest BCUT2D eigenvalue weighted by Crippen LogP contribution is 2.28. The van der Waals surface area contributed by atoms with Crippen LogP contribution in [0.1, 0.15) is 82.6 Å². The van der Waals surface area contributed by atoms with Crippen molar-refractivity contribution in [1.82, 2.24) is 107 Å². The Kier molecular flexibility index (Phi) is 43.2. The first-order valence-electron chi connectivity index (χ1n) is 42.5. The summed E-state index contributed by atoms with van der Waals surface area (Å²) in [4.78, 5) is 105. The summed E-state index contributed by atoms with van der Waals surface area (Å²) in [5.41, 5.74) is 1.91. The first kappa shape index (κ1) is 104. The van der Waals surface area contributed by atoms with Crippen molar-refractivity contribution in [1.29, 1.82) is 0 Å². The maximum Gasteiger partial charge on any atom is 0.253 e. The Hall–Kier alpha value is -8.78. The normalized spacial score (nSPS) is 26.8. The summed E-state index contributed by atoms with van der Waals surface area (Å²) < 4.78 is 75.4. The Morgan fingerprint density at radius 3 is 1.02 bits per heavy atom. The van der Waals surface area contributed by atoms with Crippen LogP contribution in [0.5, 0.6) is 0 Å². The zero-order valence-electron chi connectivity index (χ0n) is 72.2. The van der Waals surface area contributed by atoms with E-state index in [-0.39, 0.29) is 171 Å². The second kappa shape index (κ2) is 53.7. The average Bonchev–Trinajstić information content (AvgIpc) is 1.54. The summed E-state index contributed by atoms with van der Waals surface area (Å²) in [5, 5.41) is 175. The van der Waals surface area contributed by atoms with Gasteiger partial charge in [0.15, 0.2) is 25.2 Å². The average molecular weight is 1840 g/mol. The summed E-state index contributed by atoms with van der Waals surface area (Å²) in [6.45, 7) is 4.12. The van der Waals surface area contributed by atoms with Crippen LogP contribution in [0, 0.1) is 0 Å². The molecule has 0 bridgehead atoms. The monoisotopic (exact) mass is 1840 g/mol. The van der Waals surface area contributed by atoms with E-state index >= 15 is 4.79 Å². The summed E-state index contributed by atoms with van der Waals surface area (Å²) in [6.07, 6.45) is -11.6. The molecule has 53 heteroatoms. The number of carbonyl (C=O) groups excluding carboxylic acids is 8. The zero-order chi connectivity index (χ0) is 93.1. The molecule has 21 atom stereocenters. The number of amides is 8. The molecule has 129 heavy (non-hydrogen) atoms. The molecule has 0 saturated carbocycles. The van der Waals surface area contributed by atoms with Gasteiger partial charge in [-0.3, -0.25) is 53.1 Å². The first-order chi connectivity index (χ1) is 62.0. The number of hydrogen-bond donors (Lipinski definition) is 18. The summed E-state index contributed by atoms with van der Waals surface area (Å²) in [6, 6.07) is -5.58. The van der Waals surface area contributed by atoms with E-state index in [1.807, 2.05) is 4.90 Å². The van der Waals surface area contributed by atoms with Crippen molar-refractivity contribution in [2.24, 2.45) is 0 Å². The number of aliphatic hydroxyl groups excluding tert-OH is 12. The van der Waals surface area contributed by atoms with Crippen molar-refractivity contribution in [3.05, 3.63) is 59.7 Å². The van der Waals surface area contributed by atoms with Crippen molar-refractivity contribution >= 4 is 47.3 Å². The van der Waals surface area contributed by atoms with Crippen LogP contribution in [-0.2, 0) is 148 Å². The van der Waals surface area contributed by atoms with Crippen LogP contribution in [-0.4, -0.2) is 444 Å². The number of carbonyl (C=O) groups is 8. The molecule has 0 spiro atoms. The molecule has 5 aliphatic heterocycles. The Morgan fingerprint density at radius 2 is 0.713 bits per heavy atom. The largest absolute Gasteiger partial charge is 0.394 e. The number of rotatable bonds is 58. The third-order valence-corrected chi connectivity index (χ3v) is 21.1. The van der Waals surface area contributed by atoms with E-state index in [2.05, 4.69) is 78.0 Å². The molecule has 1 unspecified atom stereocenters. The summed E-state index contributed by atoms with van der Waals surface area (Å²) >= 11 is 0. The van der Waals surface area contributed by atoms with Crippen molar-refractivity contribution < 1.29 is 156 Å². The number of nitrogens with zero attached hydrogens (tertiary/aromatic N) is 15. The Labute approximate surface area is 740 Å². The molecule has 8 amide bonds. The Morgan fingerprint density at radius 1 is 0.403 bits per heavy atom. The highest BCUT2D eigenvalue weighted by Gasteiger charge is 2.49. The van der Waals surface area contributed by atoms with Gasteiger partial charge in [-0.25, -0.2) is 18.7 Å². The van der Waals surface area contributed by atoms with E-state index in [9.17, 15) is 94.8 Å². The van der Waals surface area contributed by atoms with Gasteiger partial charge >= 0.3 is 0 Å². The van der Waals surface area contributed by atoms with E-state index in [1.165, 1.54) is 37.1 Å². The van der Waals surface area contributed by atoms with Gasteiger partial charge in [-0.05, 0) is 25.8 Å². The van der Waals surface area contributed by atoms with Crippen LogP contribution in [0.3, 0.4) is 0 Å². The van der Waals surface area contributed by atoms with Crippen molar-refractivity contribution in [2.45, 2.75) is 241 Å². The number of imide groups is 1. The fraction of sp³-hybridized carbons (Fsp3) is 0.763. The molecule has 0 aromatic carbocycles. The highest BCUT2D eigenvalue weighted by molar-refractivity contribution is 6.13. The molecule has 9 heterocycles. The standard InChI is InChI=1S/C76H123N21O32/c1-44(102)79-60-68(113)64(109)53(40-98)126-73(60)122-28-24-118-20-16-93-36-48(83-87-93)32-91(33-49-37-94(88-84-49)17-21-119-25-29-123-74-61(80-45(2)103)69(114)65(110)54(41-99)127-74)14-6-5-8-52(72(117)78-13-7-12-77-57(106)11-15-97-58(107)9-10-59(97)108)92(34-50-38-95(89-85-50)18-22-120-26-30-124-75-62(81-46(3)104)70(115)66(111)55(42-100)128-75)35-51-39-96(90-86-51)19-23-121-27-31-125-76-63(82-47(4)105)71(116)67(112)56(43-101)129-76/h9-10,36-39,52-56,60-71,73-76,98-101,109-116H,5-8,11-35,40-43H2,1-4H3,(H,77,106)(H,78,117)(H,79,102)(H,80,103)(H,81,104)(H,82,105)/t52-,53+,54+,55+,56+,60+,61+,62+,63+,64-,65-,66-,67-,68+,69+,70+,71+,73+,74+,75+,76?/m0/s1. The topological polar surface area (TPSA) is 695 Å². The fourth-order valence-electron chi connectivity index (χ4n) is 14.6. The molecule has 4 aromatic rings. The molecule has 724 valence electrons. The molecular formula is C76H123N21O32. The molecule has 18 N–H and O–H groups in total. The van der Waals surface area contributed by atoms with Crippen LogP contribution in [0.15, 0.2) is 36.9 Å². The van der Waals surface area contributed by atoms with Gasteiger partial charge in [-0.1, -0.05) is 27.3 Å².